The Hall–Kier alpha value is -0.960. The second-order valence-electron chi connectivity index (χ2n) is 3.34. The average molecular weight is 222 g/mol. The van der Waals surface area contributed by atoms with E-state index in [0.29, 0.717) is 0 Å². The molecular weight excluding hydrogens is 204 g/mol. The number of hydrogen-bond donors (Lipinski definition) is 1. The molecule has 2 N–H and O–H groups in total. The van der Waals surface area contributed by atoms with Gasteiger partial charge in [0.05, 0.1) is 10.7 Å². The predicted octanol–water partition coefficient (Wildman–Crippen LogP) is 3.77. The largest absolute Gasteiger partial charge is 0.399 e. The number of thioether (sulfide) groups is 1. The van der Waals surface area contributed by atoms with E-state index in [2.05, 4.69) is 25.8 Å². The molecule has 1 aromatic carbocycles. The molecule has 0 radical (unpaired) electrons. The number of nitrogen functional groups attached to an aromatic ring is 1. The van der Waals surface area contributed by atoms with E-state index in [1.54, 1.807) is 11.8 Å². The van der Waals surface area contributed by atoms with Crippen LogP contribution >= 0.6 is 11.8 Å². The van der Waals surface area contributed by atoms with Gasteiger partial charge in [-0.05, 0) is 36.8 Å². The van der Waals surface area contributed by atoms with Crippen molar-refractivity contribution in [3.05, 3.63) is 23.8 Å². The maximum Gasteiger partial charge on any atom is 0.0735 e. The smallest absolute Gasteiger partial charge is 0.0735 e. The molecule has 0 fully saturated rings. The molecule has 0 aliphatic heterocycles. The van der Waals surface area contributed by atoms with Crippen LogP contribution in [0.1, 0.15) is 25.8 Å². The fourth-order valence-corrected chi connectivity index (χ4v) is 1.96. The van der Waals surface area contributed by atoms with Gasteiger partial charge in [-0.1, -0.05) is 19.9 Å². The summed E-state index contributed by atoms with van der Waals surface area (Å²) in [4.78, 5) is 4.63. The van der Waals surface area contributed by atoms with Gasteiger partial charge in [0.2, 0.25) is 0 Å². The molecule has 0 saturated carbocycles. The van der Waals surface area contributed by atoms with Gasteiger partial charge >= 0.3 is 0 Å². The van der Waals surface area contributed by atoms with Crippen LogP contribution in [0.25, 0.3) is 0 Å². The second kappa shape index (κ2) is 5.81. The van der Waals surface area contributed by atoms with Gasteiger partial charge in [0.25, 0.3) is 0 Å². The Bertz CT molecular complexity index is 359. The van der Waals surface area contributed by atoms with Gasteiger partial charge in [-0.2, -0.15) is 0 Å². The first-order chi connectivity index (χ1) is 7.17. The van der Waals surface area contributed by atoms with E-state index in [1.165, 1.54) is 10.6 Å². The van der Waals surface area contributed by atoms with Crippen molar-refractivity contribution >= 4 is 28.2 Å². The van der Waals surface area contributed by atoms with E-state index in [-0.39, 0.29) is 0 Å². The van der Waals surface area contributed by atoms with Crippen molar-refractivity contribution in [2.45, 2.75) is 27.2 Å². The van der Waals surface area contributed by atoms with Gasteiger partial charge in [-0.15, -0.1) is 11.8 Å². The zero-order chi connectivity index (χ0) is 11.3. The van der Waals surface area contributed by atoms with Crippen LogP contribution in [0.3, 0.4) is 0 Å². The number of anilines is 1. The fourth-order valence-electron chi connectivity index (χ4n) is 1.26. The SMILES string of the molecule is CCSC(CC)=Nc1cc(N)ccc1C. The van der Waals surface area contributed by atoms with Crippen molar-refractivity contribution in [3.8, 4) is 0 Å². The van der Waals surface area contributed by atoms with Crippen LogP contribution < -0.4 is 5.73 Å². The molecule has 0 bridgehead atoms. The minimum atomic E-state index is 0.774. The molecule has 0 atom stereocenters. The molecule has 82 valence electrons. The number of aliphatic imine (C=N–C) groups is 1. The van der Waals surface area contributed by atoms with Crippen LogP contribution in [0, 0.1) is 6.92 Å². The zero-order valence-corrected chi connectivity index (χ0v) is 10.4. The third-order valence-corrected chi connectivity index (χ3v) is 3.09. The number of nitrogens with zero attached hydrogens (tertiary/aromatic N) is 1. The lowest BCUT2D eigenvalue weighted by Crippen LogP contribution is -1.91. The zero-order valence-electron chi connectivity index (χ0n) is 9.58. The van der Waals surface area contributed by atoms with Crippen LogP contribution in [0.4, 0.5) is 11.4 Å². The molecule has 1 rings (SSSR count). The Labute approximate surface area is 96.0 Å². The first-order valence-corrected chi connectivity index (χ1v) is 6.22. The molecule has 1 aromatic rings. The quantitative estimate of drug-likeness (QED) is 0.480. The first kappa shape index (κ1) is 12.1. The van der Waals surface area contributed by atoms with E-state index in [9.17, 15) is 0 Å². The molecule has 0 saturated heterocycles. The Kier molecular flexibility index (Phi) is 4.69. The highest BCUT2D eigenvalue weighted by molar-refractivity contribution is 8.13. The van der Waals surface area contributed by atoms with Gasteiger partial charge in [0.15, 0.2) is 0 Å². The lowest BCUT2D eigenvalue weighted by Gasteiger charge is -2.05. The van der Waals surface area contributed by atoms with Gasteiger partial charge < -0.3 is 5.73 Å². The summed E-state index contributed by atoms with van der Waals surface area (Å²) in [6, 6.07) is 5.85. The van der Waals surface area contributed by atoms with E-state index >= 15 is 0 Å². The molecule has 0 aliphatic carbocycles. The molecule has 3 heteroatoms. The van der Waals surface area contributed by atoms with Gasteiger partial charge in [-0.25, -0.2) is 4.99 Å². The Morgan fingerprint density at radius 2 is 2.13 bits per heavy atom. The van der Waals surface area contributed by atoms with E-state index in [0.717, 1.165) is 23.5 Å². The van der Waals surface area contributed by atoms with Crippen molar-refractivity contribution < 1.29 is 0 Å². The highest BCUT2D eigenvalue weighted by atomic mass is 32.2. The molecule has 0 aliphatic rings. The lowest BCUT2D eigenvalue weighted by atomic mass is 10.2. The maximum absolute atomic E-state index is 5.74. The lowest BCUT2D eigenvalue weighted by molar-refractivity contribution is 1.29. The van der Waals surface area contributed by atoms with Gasteiger partial charge in [0, 0.05) is 5.69 Å². The summed E-state index contributed by atoms with van der Waals surface area (Å²) in [6.45, 7) is 6.33. The predicted molar refractivity (Wildman–Crippen MR) is 71.1 cm³/mol. The molecule has 0 amide bonds. The Morgan fingerprint density at radius 1 is 1.40 bits per heavy atom. The highest BCUT2D eigenvalue weighted by Gasteiger charge is 2.00. The van der Waals surface area contributed by atoms with Crippen molar-refractivity contribution in [3.63, 3.8) is 0 Å². The van der Waals surface area contributed by atoms with Crippen molar-refractivity contribution in [1.29, 1.82) is 0 Å². The summed E-state index contributed by atoms with van der Waals surface area (Å²) in [5.41, 5.74) is 8.68. The van der Waals surface area contributed by atoms with Crippen LogP contribution in [-0.2, 0) is 0 Å². The number of hydrogen-bond acceptors (Lipinski definition) is 3. The molecule has 0 unspecified atom stereocenters. The summed E-state index contributed by atoms with van der Waals surface area (Å²) in [7, 11) is 0. The monoisotopic (exact) mass is 222 g/mol. The number of nitrogens with two attached hydrogens (primary N) is 1. The summed E-state index contributed by atoms with van der Waals surface area (Å²) in [5, 5.41) is 1.17. The minimum Gasteiger partial charge on any atom is -0.399 e. The highest BCUT2D eigenvalue weighted by Crippen LogP contribution is 2.23. The van der Waals surface area contributed by atoms with Crippen molar-refractivity contribution in [2.75, 3.05) is 11.5 Å². The molecule has 0 heterocycles. The van der Waals surface area contributed by atoms with Gasteiger partial charge in [-0.3, -0.25) is 0 Å². The topological polar surface area (TPSA) is 38.4 Å². The van der Waals surface area contributed by atoms with E-state index < -0.39 is 0 Å². The van der Waals surface area contributed by atoms with E-state index in [4.69, 9.17) is 5.73 Å². The average Bonchev–Trinajstić information content (AvgIpc) is 2.22. The Balaban J connectivity index is 2.99. The third-order valence-electron chi connectivity index (χ3n) is 2.09. The molecule has 0 aromatic heterocycles. The fraction of sp³-hybridized carbons (Fsp3) is 0.417. The standard InChI is InChI=1S/C12H18N2S/c1-4-12(15-5-2)14-11-8-10(13)7-6-9(11)3/h6-8H,4-5,13H2,1-3H3. The summed E-state index contributed by atoms with van der Waals surface area (Å²) < 4.78 is 0. The van der Waals surface area contributed by atoms with Crippen molar-refractivity contribution in [2.24, 2.45) is 4.99 Å². The second-order valence-corrected chi connectivity index (χ2v) is 4.68. The van der Waals surface area contributed by atoms with Crippen LogP contribution in [0.15, 0.2) is 23.2 Å². The van der Waals surface area contributed by atoms with Crippen molar-refractivity contribution in [1.82, 2.24) is 0 Å². The van der Waals surface area contributed by atoms with Crippen LogP contribution in [0.2, 0.25) is 0 Å². The first-order valence-electron chi connectivity index (χ1n) is 5.23. The van der Waals surface area contributed by atoms with Crippen LogP contribution in [-0.4, -0.2) is 10.8 Å². The number of rotatable bonds is 3. The summed E-state index contributed by atoms with van der Waals surface area (Å²) in [5.74, 6) is 1.06. The molecular formula is C12H18N2S. The van der Waals surface area contributed by atoms with Crippen LogP contribution in [0.5, 0.6) is 0 Å². The molecule has 2 nitrogen and oxygen atoms in total. The summed E-state index contributed by atoms with van der Waals surface area (Å²) >= 11 is 1.79. The maximum atomic E-state index is 5.74. The number of aryl methyl sites for hydroxylation is 1. The molecule has 15 heavy (non-hydrogen) atoms. The Morgan fingerprint density at radius 3 is 2.73 bits per heavy atom. The number of benzene rings is 1. The van der Waals surface area contributed by atoms with Gasteiger partial charge in [0.1, 0.15) is 0 Å². The van der Waals surface area contributed by atoms with E-state index in [1.807, 2.05) is 18.2 Å². The normalized spacial score (nSPS) is 11.8. The summed E-state index contributed by atoms with van der Waals surface area (Å²) in [6.07, 6.45) is 0.979. The molecule has 0 spiro atoms. The third kappa shape index (κ3) is 3.59. The minimum absolute atomic E-state index is 0.774.